The molecule has 0 atom stereocenters. The van der Waals surface area contributed by atoms with E-state index >= 15 is 0 Å². The van der Waals surface area contributed by atoms with E-state index in [1.54, 1.807) is 29.2 Å². The molecule has 38 heavy (non-hydrogen) atoms. The second kappa shape index (κ2) is 10.8. The Balaban J connectivity index is 1.40. The molecule has 5 rings (SSSR count). The lowest BCUT2D eigenvalue weighted by molar-refractivity contribution is 0.0985. The number of hydrogen-bond donors (Lipinski definition) is 0. The van der Waals surface area contributed by atoms with E-state index in [-0.39, 0.29) is 29.7 Å². The van der Waals surface area contributed by atoms with E-state index in [0.717, 1.165) is 5.56 Å². The summed E-state index contributed by atoms with van der Waals surface area (Å²) in [5, 5.41) is 4.61. The molecule has 0 aliphatic carbocycles. The minimum absolute atomic E-state index is 0.0889. The summed E-state index contributed by atoms with van der Waals surface area (Å²) in [6.45, 7) is 0.908. The van der Waals surface area contributed by atoms with Crippen LogP contribution in [0.25, 0.3) is 10.2 Å². The van der Waals surface area contributed by atoms with Crippen LogP contribution in [0.1, 0.15) is 15.9 Å². The Morgan fingerprint density at radius 3 is 2.50 bits per heavy atom. The van der Waals surface area contributed by atoms with Gasteiger partial charge in [-0.05, 0) is 54.1 Å². The van der Waals surface area contributed by atoms with Crippen LogP contribution in [0.15, 0.2) is 96.2 Å². The Morgan fingerprint density at radius 2 is 1.79 bits per heavy atom. The fraction of sp³-hybridized carbons (Fsp3) is 0.148. The van der Waals surface area contributed by atoms with Gasteiger partial charge in [0.1, 0.15) is 5.82 Å². The van der Waals surface area contributed by atoms with Crippen molar-refractivity contribution in [1.29, 1.82) is 0 Å². The molecule has 2 heterocycles. The normalized spacial score (nSPS) is 11.8. The first-order valence-electron chi connectivity index (χ1n) is 11.8. The summed E-state index contributed by atoms with van der Waals surface area (Å²) in [6.07, 6.45) is 3.45. The maximum absolute atomic E-state index is 13.8. The summed E-state index contributed by atoms with van der Waals surface area (Å²) in [4.78, 5) is 19.8. The molecular formula is C27H24FN5O3S2. The first-order valence-corrected chi connectivity index (χ1v) is 14.0. The highest BCUT2D eigenvalue weighted by molar-refractivity contribution is 7.89. The highest BCUT2D eigenvalue weighted by atomic mass is 32.2. The Kier molecular flexibility index (Phi) is 7.32. The molecule has 0 radical (unpaired) electrons. The predicted molar refractivity (Wildman–Crippen MR) is 145 cm³/mol. The van der Waals surface area contributed by atoms with Gasteiger partial charge in [0.25, 0.3) is 5.91 Å². The van der Waals surface area contributed by atoms with Gasteiger partial charge in [-0.3, -0.25) is 14.4 Å². The van der Waals surface area contributed by atoms with Gasteiger partial charge in [0.15, 0.2) is 5.13 Å². The molecule has 0 spiro atoms. The molecule has 5 aromatic rings. The van der Waals surface area contributed by atoms with Gasteiger partial charge in [-0.15, -0.1) is 0 Å². The van der Waals surface area contributed by atoms with Crippen LogP contribution in [0.5, 0.6) is 0 Å². The molecule has 3 aromatic carbocycles. The molecule has 0 bridgehead atoms. The predicted octanol–water partition coefficient (Wildman–Crippen LogP) is 4.80. The van der Waals surface area contributed by atoms with E-state index < -0.39 is 10.0 Å². The molecule has 0 aliphatic heterocycles. The van der Waals surface area contributed by atoms with E-state index in [2.05, 4.69) is 10.1 Å². The summed E-state index contributed by atoms with van der Waals surface area (Å²) < 4.78 is 43.6. The van der Waals surface area contributed by atoms with Gasteiger partial charge < -0.3 is 0 Å². The van der Waals surface area contributed by atoms with Crippen molar-refractivity contribution in [3.8, 4) is 0 Å². The molecule has 11 heteroatoms. The lowest BCUT2D eigenvalue weighted by Crippen LogP contribution is -2.34. The smallest absolute Gasteiger partial charge is 0.260 e. The number of aromatic nitrogens is 3. The van der Waals surface area contributed by atoms with Crippen LogP contribution in [0.2, 0.25) is 0 Å². The second-order valence-corrected chi connectivity index (χ2v) is 11.7. The minimum Gasteiger partial charge on any atom is -0.282 e. The van der Waals surface area contributed by atoms with Gasteiger partial charge in [0.2, 0.25) is 10.0 Å². The van der Waals surface area contributed by atoms with E-state index in [4.69, 9.17) is 0 Å². The molecular weight excluding hydrogens is 525 g/mol. The number of carbonyl (C=O) groups is 1. The molecule has 0 aliphatic rings. The summed E-state index contributed by atoms with van der Waals surface area (Å²) in [7, 11) is -2.24. The van der Waals surface area contributed by atoms with Crippen molar-refractivity contribution >= 4 is 42.6 Å². The monoisotopic (exact) mass is 549 g/mol. The summed E-state index contributed by atoms with van der Waals surface area (Å²) in [5.41, 5.74) is 1.76. The average molecular weight is 550 g/mol. The number of carbonyl (C=O) groups excluding carboxylic acids is 1. The molecule has 0 N–H and O–H groups in total. The van der Waals surface area contributed by atoms with Crippen molar-refractivity contribution in [1.82, 2.24) is 19.1 Å². The Bertz CT molecular complexity index is 1650. The Hall–Kier alpha value is -3.93. The van der Waals surface area contributed by atoms with Gasteiger partial charge in [-0.25, -0.2) is 17.8 Å². The highest BCUT2D eigenvalue weighted by Crippen LogP contribution is 2.30. The second-order valence-electron chi connectivity index (χ2n) is 8.61. The van der Waals surface area contributed by atoms with Gasteiger partial charge in [-0.2, -0.15) is 9.40 Å². The highest BCUT2D eigenvalue weighted by Gasteiger charge is 2.24. The van der Waals surface area contributed by atoms with Crippen LogP contribution in [-0.2, 0) is 23.1 Å². The molecule has 1 amide bonds. The lowest BCUT2D eigenvalue weighted by atomic mass is 10.2. The van der Waals surface area contributed by atoms with E-state index in [1.165, 1.54) is 64.0 Å². The van der Waals surface area contributed by atoms with Gasteiger partial charge in [-0.1, -0.05) is 41.7 Å². The van der Waals surface area contributed by atoms with Gasteiger partial charge in [0, 0.05) is 38.1 Å². The number of benzene rings is 3. The molecule has 8 nitrogen and oxygen atoms in total. The molecule has 0 unspecified atom stereocenters. The number of thiazole rings is 1. The molecule has 0 saturated heterocycles. The molecule has 194 valence electrons. The first-order chi connectivity index (χ1) is 18.3. The van der Waals surface area contributed by atoms with Crippen molar-refractivity contribution in [2.45, 2.75) is 18.0 Å². The van der Waals surface area contributed by atoms with E-state index in [1.807, 2.05) is 30.3 Å². The number of fused-ring (bicyclic) bond motifs is 1. The van der Waals surface area contributed by atoms with Crippen molar-refractivity contribution in [3.05, 3.63) is 108 Å². The zero-order valence-corrected chi connectivity index (χ0v) is 22.1. The number of halogens is 1. The topological polar surface area (TPSA) is 88.4 Å². The first kappa shape index (κ1) is 25.7. The van der Waals surface area contributed by atoms with Crippen LogP contribution in [0.4, 0.5) is 9.52 Å². The Labute approximate surface area is 223 Å². The van der Waals surface area contributed by atoms with Gasteiger partial charge in [0.05, 0.1) is 21.7 Å². The van der Waals surface area contributed by atoms with Crippen molar-refractivity contribution in [2.24, 2.45) is 0 Å². The Morgan fingerprint density at radius 1 is 1.03 bits per heavy atom. The third-order valence-corrected chi connectivity index (χ3v) is 8.84. The summed E-state index contributed by atoms with van der Waals surface area (Å²) >= 11 is 1.21. The number of hydrogen-bond acceptors (Lipinski definition) is 6. The van der Waals surface area contributed by atoms with Gasteiger partial charge >= 0.3 is 0 Å². The van der Waals surface area contributed by atoms with Crippen LogP contribution in [-0.4, -0.2) is 47.0 Å². The number of rotatable bonds is 9. The fourth-order valence-electron chi connectivity index (χ4n) is 3.95. The van der Waals surface area contributed by atoms with Crippen molar-refractivity contribution in [2.75, 3.05) is 18.5 Å². The lowest BCUT2D eigenvalue weighted by Gasteiger charge is -2.21. The van der Waals surface area contributed by atoms with Crippen LogP contribution >= 0.6 is 11.3 Å². The molecule has 0 fully saturated rings. The zero-order valence-electron chi connectivity index (χ0n) is 20.4. The van der Waals surface area contributed by atoms with Crippen LogP contribution in [0.3, 0.4) is 0 Å². The number of amides is 1. The quantitative estimate of drug-likeness (QED) is 0.264. The number of nitrogens with zero attached hydrogens (tertiary/aromatic N) is 5. The third-order valence-electron chi connectivity index (χ3n) is 5.98. The van der Waals surface area contributed by atoms with Crippen LogP contribution in [0, 0.1) is 5.82 Å². The fourth-order valence-corrected chi connectivity index (χ4v) is 6.13. The van der Waals surface area contributed by atoms with Crippen molar-refractivity contribution < 1.29 is 17.6 Å². The minimum atomic E-state index is -3.76. The van der Waals surface area contributed by atoms with Crippen LogP contribution < -0.4 is 4.90 Å². The van der Waals surface area contributed by atoms with Crippen molar-refractivity contribution in [3.63, 3.8) is 0 Å². The average Bonchev–Trinajstić information content (AvgIpc) is 3.59. The van der Waals surface area contributed by atoms with E-state index in [9.17, 15) is 17.6 Å². The SMILES string of the molecule is CN(Cc1ccccc1)S(=O)(=O)c1ccc(C(=O)N(CCn2cccn2)c2nc3ccc(F)cc3s2)cc1. The van der Waals surface area contributed by atoms with E-state index in [0.29, 0.717) is 27.5 Å². The molecule has 2 aromatic heterocycles. The maximum atomic E-state index is 13.8. The zero-order chi connectivity index (χ0) is 26.7. The third kappa shape index (κ3) is 5.49. The summed E-state index contributed by atoms with van der Waals surface area (Å²) in [6, 6.07) is 21.3. The number of anilines is 1. The largest absolute Gasteiger partial charge is 0.282 e. The standard InChI is InChI=1S/C27H24FN5O3S2/c1-31(19-20-6-3-2-4-7-20)38(35,36)23-11-8-21(9-12-23)26(34)33(17-16-32-15-5-14-29-32)27-30-24-13-10-22(28)18-25(24)37-27/h2-15,18H,16-17,19H2,1H3. The number of sulfonamides is 1. The molecule has 0 saturated carbocycles. The maximum Gasteiger partial charge on any atom is 0.260 e. The summed E-state index contributed by atoms with van der Waals surface area (Å²) in [5.74, 6) is -0.727.